The second-order valence-electron chi connectivity index (χ2n) is 9.13. The summed E-state index contributed by atoms with van der Waals surface area (Å²) in [6, 6.07) is 10.4. The normalized spacial score (nSPS) is 15.7. The second kappa shape index (κ2) is 10.3. The van der Waals surface area contributed by atoms with E-state index in [0.29, 0.717) is 32.8 Å². The number of amides is 2. The molecule has 2 rings (SSSR count). The summed E-state index contributed by atoms with van der Waals surface area (Å²) in [5.41, 5.74) is -0.625. The lowest BCUT2D eigenvalue weighted by Gasteiger charge is -2.34. The Morgan fingerprint density at radius 1 is 1.13 bits per heavy atom. The Morgan fingerprint density at radius 3 is 2.27 bits per heavy atom. The Bertz CT molecular complexity index is 750. The van der Waals surface area contributed by atoms with Gasteiger partial charge < -0.3 is 14.4 Å². The maximum Gasteiger partial charge on any atom is 0.411 e. The number of nitrogens with zero attached hydrogens (tertiary/aromatic N) is 2. The standard InChI is InChI=1S/C23H36N2O4Si/c1-7-19(30(5,6)20-11-9-8-10-12-20)17-25(22(27)29-23(2,3)4)18-21(26)24-13-15-28-16-14-24/h7-12H,13-18H2,1-6H3/b19-7-. The number of carbonyl (C=O) groups excluding carboxylic acids is 2. The third-order valence-electron chi connectivity index (χ3n) is 5.35. The van der Waals surface area contributed by atoms with Gasteiger partial charge in [-0.05, 0) is 27.7 Å². The molecule has 0 bridgehead atoms. The number of carbonyl (C=O) groups is 2. The van der Waals surface area contributed by atoms with Crippen molar-refractivity contribution in [3.05, 3.63) is 41.6 Å². The van der Waals surface area contributed by atoms with Crippen LogP contribution in [0.4, 0.5) is 4.79 Å². The van der Waals surface area contributed by atoms with Crippen LogP contribution >= 0.6 is 0 Å². The summed E-state index contributed by atoms with van der Waals surface area (Å²) in [4.78, 5) is 29.2. The molecule has 0 N–H and O–H groups in total. The van der Waals surface area contributed by atoms with Gasteiger partial charge in [-0.25, -0.2) is 4.79 Å². The number of benzene rings is 1. The van der Waals surface area contributed by atoms with E-state index in [4.69, 9.17) is 9.47 Å². The van der Waals surface area contributed by atoms with Crippen molar-refractivity contribution in [2.24, 2.45) is 0 Å². The van der Waals surface area contributed by atoms with Gasteiger partial charge in [0, 0.05) is 19.6 Å². The fraction of sp³-hybridized carbons (Fsp3) is 0.565. The third kappa shape index (κ3) is 6.70. The van der Waals surface area contributed by atoms with Gasteiger partial charge in [-0.1, -0.05) is 59.9 Å². The number of allylic oxidation sites excluding steroid dienone is 1. The first-order chi connectivity index (χ1) is 14.0. The molecule has 2 amide bonds. The monoisotopic (exact) mass is 432 g/mol. The highest BCUT2D eigenvalue weighted by Gasteiger charge is 2.33. The van der Waals surface area contributed by atoms with Crippen molar-refractivity contribution in [2.45, 2.75) is 46.4 Å². The molecular weight excluding hydrogens is 396 g/mol. The van der Waals surface area contributed by atoms with Crippen LogP contribution in [0.15, 0.2) is 41.6 Å². The molecule has 7 heteroatoms. The summed E-state index contributed by atoms with van der Waals surface area (Å²) in [6.07, 6.45) is 1.64. The van der Waals surface area contributed by atoms with Crippen LogP contribution in [0.2, 0.25) is 13.1 Å². The number of morpholine rings is 1. The van der Waals surface area contributed by atoms with E-state index in [1.807, 2.05) is 45.9 Å². The minimum Gasteiger partial charge on any atom is -0.444 e. The summed E-state index contributed by atoms with van der Waals surface area (Å²) in [5, 5.41) is 2.48. The van der Waals surface area contributed by atoms with Gasteiger partial charge in [0.25, 0.3) is 0 Å². The van der Waals surface area contributed by atoms with Crippen LogP contribution in [-0.2, 0) is 14.3 Å². The van der Waals surface area contributed by atoms with Gasteiger partial charge in [-0.2, -0.15) is 0 Å². The Labute approximate surface area is 181 Å². The van der Waals surface area contributed by atoms with Crippen molar-refractivity contribution in [1.82, 2.24) is 9.80 Å². The van der Waals surface area contributed by atoms with Crippen LogP contribution in [0.1, 0.15) is 27.7 Å². The molecule has 6 nitrogen and oxygen atoms in total. The predicted molar refractivity (Wildman–Crippen MR) is 123 cm³/mol. The number of ether oxygens (including phenoxy) is 2. The van der Waals surface area contributed by atoms with E-state index in [0.717, 1.165) is 0 Å². The number of hydrogen-bond acceptors (Lipinski definition) is 4. The van der Waals surface area contributed by atoms with E-state index in [2.05, 4.69) is 31.3 Å². The smallest absolute Gasteiger partial charge is 0.411 e. The van der Waals surface area contributed by atoms with Crippen LogP contribution in [0, 0.1) is 0 Å². The van der Waals surface area contributed by atoms with E-state index >= 15 is 0 Å². The topological polar surface area (TPSA) is 59.1 Å². The molecular formula is C23H36N2O4Si. The molecule has 0 spiro atoms. The molecule has 0 unspecified atom stereocenters. The highest BCUT2D eigenvalue weighted by atomic mass is 28.3. The molecule has 1 heterocycles. The second-order valence-corrected chi connectivity index (χ2v) is 13.6. The average molecular weight is 433 g/mol. The molecule has 1 aromatic rings. The number of hydrogen-bond donors (Lipinski definition) is 0. The van der Waals surface area contributed by atoms with Gasteiger partial charge >= 0.3 is 6.09 Å². The first-order valence-corrected chi connectivity index (χ1v) is 13.6. The molecule has 166 valence electrons. The van der Waals surface area contributed by atoms with Gasteiger partial charge in [-0.15, -0.1) is 0 Å². The summed E-state index contributed by atoms with van der Waals surface area (Å²) in [7, 11) is -2.00. The Hall–Kier alpha value is -2.12. The zero-order chi connectivity index (χ0) is 22.4. The lowest BCUT2D eigenvalue weighted by atomic mass is 10.2. The van der Waals surface area contributed by atoms with Crippen molar-refractivity contribution in [1.29, 1.82) is 0 Å². The highest BCUT2D eigenvalue weighted by Crippen LogP contribution is 2.19. The van der Waals surface area contributed by atoms with E-state index in [9.17, 15) is 9.59 Å². The van der Waals surface area contributed by atoms with Gasteiger partial charge in [0.15, 0.2) is 0 Å². The molecule has 1 saturated heterocycles. The zero-order valence-corrected chi connectivity index (χ0v) is 20.2. The van der Waals surface area contributed by atoms with Crippen molar-refractivity contribution < 1.29 is 19.1 Å². The zero-order valence-electron chi connectivity index (χ0n) is 19.2. The average Bonchev–Trinajstić information content (AvgIpc) is 2.70. The fourth-order valence-corrected chi connectivity index (χ4v) is 6.19. The lowest BCUT2D eigenvalue weighted by molar-refractivity contribution is -0.136. The van der Waals surface area contributed by atoms with E-state index in [1.54, 1.807) is 9.80 Å². The Kier molecular flexibility index (Phi) is 8.26. The fourth-order valence-electron chi connectivity index (χ4n) is 3.48. The van der Waals surface area contributed by atoms with E-state index in [1.165, 1.54) is 10.4 Å². The lowest BCUT2D eigenvalue weighted by Crippen LogP contribution is -2.52. The summed E-state index contributed by atoms with van der Waals surface area (Å²) < 4.78 is 11.0. The molecule has 1 aliphatic heterocycles. The van der Waals surface area contributed by atoms with Crippen molar-refractivity contribution >= 4 is 25.3 Å². The highest BCUT2D eigenvalue weighted by molar-refractivity contribution is 6.95. The maximum atomic E-state index is 13.0. The van der Waals surface area contributed by atoms with Gasteiger partial charge in [-0.3, -0.25) is 9.69 Å². The van der Waals surface area contributed by atoms with Crippen LogP contribution < -0.4 is 5.19 Å². The summed E-state index contributed by atoms with van der Waals surface area (Å²) in [5.74, 6) is -0.0706. The number of rotatable bonds is 6. The summed E-state index contributed by atoms with van der Waals surface area (Å²) >= 11 is 0. The quantitative estimate of drug-likeness (QED) is 0.648. The predicted octanol–water partition coefficient (Wildman–Crippen LogP) is 3.18. The van der Waals surface area contributed by atoms with Gasteiger partial charge in [0.1, 0.15) is 20.2 Å². The molecule has 1 fully saturated rings. The molecule has 0 atom stereocenters. The van der Waals surface area contributed by atoms with E-state index < -0.39 is 19.8 Å². The molecule has 1 aliphatic rings. The van der Waals surface area contributed by atoms with Crippen LogP contribution in [-0.4, -0.2) is 74.9 Å². The molecule has 0 radical (unpaired) electrons. The van der Waals surface area contributed by atoms with Crippen molar-refractivity contribution in [3.63, 3.8) is 0 Å². The first-order valence-electron chi connectivity index (χ1n) is 10.6. The maximum absolute atomic E-state index is 13.0. The molecule has 0 aromatic heterocycles. The van der Waals surface area contributed by atoms with E-state index in [-0.39, 0.29) is 12.5 Å². The Balaban J connectivity index is 2.23. The third-order valence-corrected chi connectivity index (χ3v) is 9.18. The largest absolute Gasteiger partial charge is 0.444 e. The van der Waals surface area contributed by atoms with Gasteiger partial charge in [0.2, 0.25) is 5.91 Å². The SMILES string of the molecule is C/C=C(/CN(CC(=O)N1CCOCC1)C(=O)OC(C)(C)C)[Si](C)(C)c1ccccc1. The Morgan fingerprint density at radius 2 is 1.73 bits per heavy atom. The minimum absolute atomic E-state index is 0.00548. The first kappa shape index (κ1) is 24.1. The van der Waals surface area contributed by atoms with Gasteiger partial charge in [0.05, 0.1) is 13.2 Å². The van der Waals surface area contributed by atoms with Crippen LogP contribution in [0.25, 0.3) is 0 Å². The molecule has 30 heavy (non-hydrogen) atoms. The van der Waals surface area contributed by atoms with Crippen LogP contribution in [0.3, 0.4) is 0 Å². The molecule has 1 aromatic carbocycles. The van der Waals surface area contributed by atoms with Crippen molar-refractivity contribution in [3.8, 4) is 0 Å². The van der Waals surface area contributed by atoms with Crippen molar-refractivity contribution in [2.75, 3.05) is 39.4 Å². The summed E-state index contributed by atoms with van der Waals surface area (Å²) in [6.45, 7) is 14.6. The molecule has 0 aliphatic carbocycles. The van der Waals surface area contributed by atoms with Crippen LogP contribution in [0.5, 0.6) is 0 Å². The molecule has 0 saturated carbocycles. The minimum atomic E-state index is -2.00.